The molecule has 16 heavy (non-hydrogen) atoms. The molecule has 0 heterocycles. The molecule has 0 unspecified atom stereocenters. The van der Waals surface area contributed by atoms with Gasteiger partial charge in [0.25, 0.3) is 0 Å². The molecule has 3 atom stereocenters. The Bertz CT molecular complexity index is 363. The van der Waals surface area contributed by atoms with Gasteiger partial charge in [-0.25, -0.2) is 0 Å². The molecule has 3 nitrogen and oxygen atoms in total. The quantitative estimate of drug-likeness (QED) is 0.784. The molecule has 1 saturated carbocycles. The molecule has 0 aliphatic heterocycles. The summed E-state index contributed by atoms with van der Waals surface area (Å²) in [6.45, 7) is 1.44. The molecule has 0 bridgehead atoms. The highest BCUT2D eigenvalue weighted by molar-refractivity contribution is 5.66. The minimum absolute atomic E-state index is 0.0117. The number of rotatable bonds is 3. The van der Waals surface area contributed by atoms with Crippen molar-refractivity contribution in [2.75, 3.05) is 0 Å². The zero-order valence-electron chi connectivity index (χ0n) is 9.43. The summed E-state index contributed by atoms with van der Waals surface area (Å²) < 4.78 is 5.22. The van der Waals surface area contributed by atoms with Crippen LogP contribution in [0.2, 0.25) is 0 Å². The van der Waals surface area contributed by atoms with Gasteiger partial charge >= 0.3 is 5.97 Å². The van der Waals surface area contributed by atoms with Gasteiger partial charge in [-0.05, 0) is 18.4 Å². The molecule has 2 rings (SSSR count). The number of hydrogen-bond acceptors (Lipinski definition) is 3. The van der Waals surface area contributed by atoms with E-state index < -0.39 is 0 Å². The van der Waals surface area contributed by atoms with Gasteiger partial charge in [0, 0.05) is 18.9 Å². The van der Waals surface area contributed by atoms with Crippen LogP contribution in [0.3, 0.4) is 0 Å². The second-order valence-corrected chi connectivity index (χ2v) is 4.42. The standard InChI is InChI=1S/C13H17NO2/c1-9(15)16-13-11(8-12(13)14)7-10-5-3-2-4-6-10/h2-6,11-13H,7-8,14H2,1H3/t11-,12+,13+/m0/s1. The predicted octanol–water partition coefficient (Wildman–Crippen LogP) is 1.51. The van der Waals surface area contributed by atoms with E-state index in [0.29, 0.717) is 5.92 Å². The number of esters is 1. The Kier molecular flexibility index (Phi) is 3.25. The molecule has 1 fully saturated rings. The van der Waals surface area contributed by atoms with Crippen molar-refractivity contribution in [3.8, 4) is 0 Å². The number of carbonyl (C=O) groups is 1. The summed E-state index contributed by atoms with van der Waals surface area (Å²) in [6, 6.07) is 10.2. The number of hydrogen-bond donors (Lipinski definition) is 1. The molecule has 0 saturated heterocycles. The molecular weight excluding hydrogens is 202 g/mol. The van der Waals surface area contributed by atoms with Crippen LogP contribution in [-0.2, 0) is 16.0 Å². The van der Waals surface area contributed by atoms with Gasteiger partial charge in [0.1, 0.15) is 6.10 Å². The van der Waals surface area contributed by atoms with Gasteiger partial charge in [-0.2, -0.15) is 0 Å². The van der Waals surface area contributed by atoms with Gasteiger partial charge in [0.2, 0.25) is 0 Å². The van der Waals surface area contributed by atoms with E-state index in [0.717, 1.165) is 12.8 Å². The van der Waals surface area contributed by atoms with Crippen molar-refractivity contribution in [2.24, 2.45) is 11.7 Å². The SMILES string of the molecule is CC(=O)O[C@@H]1[C@@H](Cc2ccccc2)C[C@H]1N. The van der Waals surface area contributed by atoms with Crippen LogP contribution in [0.25, 0.3) is 0 Å². The maximum absolute atomic E-state index is 10.9. The van der Waals surface area contributed by atoms with Crippen molar-refractivity contribution in [3.63, 3.8) is 0 Å². The largest absolute Gasteiger partial charge is 0.461 e. The first kappa shape index (κ1) is 11.1. The monoisotopic (exact) mass is 219 g/mol. The maximum Gasteiger partial charge on any atom is 0.302 e. The number of nitrogens with two attached hydrogens (primary N) is 1. The van der Waals surface area contributed by atoms with Crippen molar-refractivity contribution >= 4 is 5.97 Å². The highest BCUT2D eigenvalue weighted by Gasteiger charge is 2.40. The first-order valence-corrected chi connectivity index (χ1v) is 5.63. The van der Waals surface area contributed by atoms with E-state index in [9.17, 15) is 4.79 Å². The van der Waals surface area contributed by atoms with Gasteiger partial charge in [0.05, 0.1) is 0 Å². The van der Waals surface area contributed by atoms with Gasteiger partial charge < -0.3 is 10.5 Å². The molecule has 0 aromatic heterocycles. The summed E-state index contributed by atoms with van der Waals surface area (Å²) in [5.74, 6) is 0.138. The summed E-state index contributed by atoms with van der Waals surface area (Å²) in [6.07, 6.45) is 1.77. The Morgan fingerprint density at radius 1 is 1.44 bits per heavy atom. The fourth-order valence-corrected chi connectivity index (χ4v) is 2.26. The Balaban J connectivity index is 1.93. The number of carbonyl (C=O) groups excluding carboxylic acids is 1. The zero-order chi connectivity index (χ0) is 11.5. The molecular formula is C13H17NO2. The zero-order valence-corrected chi connectivity index (χ0v) is 9.43. The second kappa shape index (κ2) is 4.66. The summed E-state index contributed by atoms with van der Waals surface area (Å²) >= 11 is 0. The van der Waals surface area contributed by atoms with Crippen LogP contribution in [-0.4, -0.2) is 18.1 Å². The van der Waals surface area contributed by atoms with Gasteiger partial charge in [-0.3, -0.25) is 4.79 Å². The third-order valence-electron chi connectivity index (χ3n) is 3.10. The molecule has 3 heteroatoms. The lowest BCUT2D eigenvalue weighted by Crippen LogP contribution is -2.54. The fraction of sp³-hybridized carbons (Fsp3) is 0.462. The van der Waals surface area contributed by atoms with Crippen LogP contribution in [0.1, 0.15) is 18.9 Å². The van der Waals surface area contributed by atoms with E-state index in [1.54, 1.807) is 0 Å². The lowest BCUT2D eigenvalue weighted by Gasteiger charge is -2.41. The van der Waals surface area contributed by atoms with E-state index in [4.69, 9.17) is 10.5 Å². The molecule has 86 valence electrons. The maximum atomic E-state index is 10.9. The average Bonchev–Trinajstić information content (AvgIpc) is 2.27. The van der Waals surface area contributed by atoms with Crippen molar-refractivity contribution < 1.29 is 9.53 Å². The normalized spacial score (nSPS) is 28.2. The first-order chi connectivity index (χ1) is 7.66. The van der Waals surface area contributed by atoms with Crippen molar-refractivity contribution in [1.82, 2.24) is 0 Å². The highest BCUT2D eigenvalue weighted by Crippen LogP contribution is 2.32. The molecule has 0 spiro atoms. The molecule has 1 aromatic rings. The summed E-state index contributed by atoms with van der Waals surface area (Å²) in [7, 11) is 0. The summed E-state index contributed by atoms with van der Waals surface area (Å²) in [5, 5.41) is 0. The predicted molar refractivity (Wildman–Crippen MR) is 61.8 cm³/mol. The van der Waals surface area contributed by atoms with Crippen LogP contribution in [0.4, 0.5) is 0 Å². The molecule has 0 radical (unpaired) electrons. The Hall–Kier alpha value is -1.35. The Morgan fingerprint density at radius 2 is 2.12 bits per heavy atom. The molecule has 2 N–H and O–H groups in total. The second-order valence-electron chi connectivity index (χ2n) is 4.42. The van der Waals surface area contributed by atoms with E-state index >= 15 is 0 Å². The smallest absolute Gasteiger partial charge is 0.302 e. The average molecular weight is 219 g/mol. The van der Waals surface area contributed by atoms with E-state index in [1.165, 1.54) is 12.5 Å². The van der Waals surface area contributed by atoms with Crippen molar-refractivity contribution in [3.05, 3.63) is 35.9 Å². The third kappa shape index (κ3) is 2.42. The third-order valence-corrected chi connectivity index (χ3v) is 3.10. The minimum Gasteiger partial charge on any atom is -0.461 e. The molecule has 1 aromatic carbocycles. The van der Waals surface area contributed by atoms with Gasteiger partial charge in [-0.1, -0.05) is 30.3 Å². The topological polar surface area (TPSA) is 52.3 Å². The highest BCUT2D eigenvalue weighted by atomic mass is 16.5. The van der Waals surface area contributed by atoms with Crippen LogP contribution in [0.15, 0.2) is 30.3 Å². The van der Waals surface area contributed by atoms with Crippen LogP contribution in [0.5, 0.6) is 0 Å². The minimum atomic E-state index is -0.238. The summed E-state index contributed by atoms with van der Waals surface area (Å²) in [5.41, 5.74) is 7.11. The Labute approximate surface area is 95.6 Å². The van der Waals surface area contributed by atoms with Gasteiger partial charge in [-0.15, -0.1) is 0 Å². The molecule has 0 amide bonds. The first-order valence-electron chi connectivity index (χ1n) is 5.63. The van der Waals surface area contributed by atoms with Crippen LogP contribution >= 0.6 is 0 Å². The molecule has 1 aliphatic rings. The fourth-order valence-electron chi connectivity index (χ4n) is 2.26. The van der Waals surface area contributed by atoms with Crippen LogP contribution < -0.4 is 5.73 Å². The lowest BCUT2D eigenvalue weighted by molar-refractivity contribution is -0.157. The lowest BCUT2D eigenvalue weighted by atomic mass is 9.74. The summed E-state index contributed by atoms with van der Waals surface area (Å²) in [4.78, 5) is 10.9. The molecule has 1 aliphatic carbocycles. The van der Waals surface area contributed by atoms with Crippen molar-refractivity contribution in [2.45, 2.75) is 31.9 Å². The Morgan fingerprint density at radius 3 is 2.69 bits per heavy atom. The van der Waals surface area contributed by atoms with E-state index in [1.807, 2.05) is 18.2 Å². The van der Waals surface area contributed by atoms with Crippen molar-refractivity contribution in [1.29, 1.82) is 0 Å². The number of benzene rings is 1. The van der Waals surface area contributed by atoms with E-state index in [-0.39, 0.29) is 18.1 Å². The van der Waals surface area contributed by atoms with Crippen LogP contribution in [0, 0.1) is 5.92 Å². The number of ether oxygens (including phenoxy) is 1. The van der Waals surface area contributed by atoms with Gasteiger partial charge in [0.15, 0.2) is 0 Å². The van der Waals surface area contributed by atoms with E-state index in [2.05, 4.69) is 12.1 Å².